The van der Waals surface area contributed by atoms with Gasteiger partial charge in [0.1, 0.15) is 18.2 Å². The summed E-state index contributed by atoms with van der Waals surface area (Å²) in [6.45, 7) is 4.89. The molecule has 31 heavy (non-hydrogen) atoms. The van der Waals surface area contributed by atoms with E-state index >= 15 is 0 Å². The van der Waals surface area contributed by atoms with Gasteiger partial charge in [0.05, 0.1) is 6.04 Å². The first kappa shape index (κ1) is 20.8. The van der Waals surface area contributed by atoms with Crippen LogP contribution < -0.4 is 20.1 Å². The summed E-state index contributed by atoms with van der Waals surface area (Å²) in [5.74, 6) is 0.790. The Balaban J connectivity index is 1.42. The summed E-state index contributed by atoms with van der Waals surface area (Å²) in [5, 5.41) is 14.7. The zero-order valence-electron chi connectivity index (χ0n) is 17.2. The Labute approximate surface area is 183 Å². The van der Waals surface area contributed by atoms with Gasteiger partial charge in [0.2, 0.25) is 5.01 Å². The SMILES string of the molecule is CCc1nnc(C(=O)Nc2cccc(C(=O)N[C@H](C)c3ccc4c(c3)OCCO4)c2)s1. The fourth-order valence-corrected chi connectivity index (χ4v) is 3.78. The Hall–Kier alpha value is -3.46. The van der Waals surface area contributed by atoms with E-state index in [4.69, 9.17) is 9.47 Å². The Morgan fingerprint density at radius 3 is 2.65 bits per heavy atom. The largest absolute Gasteiger partial charge is 0.486 e. The minimum Gasteiger partial charge on any atom is -0.486 e. The van der Waals surface area contributed by atoms with Crippen LogP contribution in [0.5, 0.6) is 11.5 Å². The van der Waals surface area contributed by atoms with Gasteiger partial charge in [-0.2, -0.15) is 0 Å². The number of nitrogens with zero attached hydrogens (tertiary/aromatic N) is 2. The maximum Gasteiger partial charge on any atom is 0.286 e. The molecular formula is C22H22N4O4S. The summed E-state index contributed by atoms with van der Waals surface area (Å²) in [6, 6.07) is 12.2. The third kappa shape index (κ3) is 4.83. The molecule has 2 N–H and O–H groups in total. The lowest BCUT2D eigenvalue weighted by atomic mass is 10.1. The van der Waals surface area contributed by atoms with Gasteiger partial charge in [-0.05, 0) is 49.2 Å². The highest BCUT2D eigenvalue weighted by atomic mass is 32.1. The molecule has 9 heteroatoms. The van der Waals surface area contributed by atoms with Crippen molar-refractivity contribution in [3.8, 4) is 11.5 Å². The van der Waals surface area contributed by atoms with Crippen LogP contribution in [-0.4, -0.2) is 35.2 Å². The highest BCUT2D eigenvalue weighted by Crippen LogP contribution is 2.32. The molecule has 0 saturated carbocycles. The summed E-state index contributed by atoms with van der Waals surface area (Å²) >= 11 is 1.25. The van der Waals surface area contributed by atoms with Crippen LogP contribution in [-0.2, 0) is 6.42 Å². The lowest BCUT2D eigenvalue weighted by Crippen LogP contribution is -2.27. The quantitative estimate of drug-likeness (QED) is 0.610. The molecular weight excluding hydrogens is 416 g/mol. The van der Waals surface area contributed by atoms with Gasteiger partial charge in [0.25, 0.3) is 11.8 Å². The Morgan fingerprint density at radius 2 is 1.87 bits per heavy atom. The van der Waals surface area contributed by atoms with Crippen LogP contribution in [0.3, 0.4) is 0 Å². The second kappa shape index (κ2) is 9.13. The number of amides is 2. The summed E-state index contributed by atoms with van der Waals surface area (Å²) in [7, 11) is 0. The van der Waals surface area contributed by atoms with Crippen molar-refractivity contribution >= 4 is 28.8 Å². The lowest BCUT2D eigenvalue weighted by Gasteiger charge is -2.21. The van der Waals surface area contributed by atoms with E-state index in [9.17, 15) is 9.59 Å². The van der Waals surface area contributed by atoms with Crippen LogP contribution in [0, 0.1) is 0 Å². The number of carbonyl (C=O) groups excluding carboxylic acids is 2. The first-order chi connectivity index (χ1) is 15.0. The molecule has 2 heterocycles. The van der Waals surface area contributed by atoms with Crippen molar-refractivity contribution in [2.45, 2.75) is 26.3 Å². The van der Waals surface area contributed by atoms with Crippen LogP contribution in [0.4, 0.5) is 5.69 Å². The summed E-state index contributed by atoms with van der Waals surface area (Å²) in [6.07, 6.45) is 0.724. The number of carbonyl (C=O) groups is 2. The van der Waals surface area contributed by atoms with Gasteiger partial charge in [-0.25, -0.2) is 0 Å². The van der Waals surface area contributed by atoms with E-state index in [0.717, 1.165) is 17.0 Å². The summed E-state index contributed by atoms with van der Waals surface area (Å²) in [4.78, 5) is 25.1. The fourth-order valence-electron chi connectivity index (χ4n) is 3.10. The topological polar surface area (TPSA) is 102 Å². The number of rotatable bonds is 6. The average molecular weight is 439 g/mol. The molecule has 0 spiro atoms. The second-order valence-corrected chi connectivity index (χ2v) is 8.05. The number of ether oxygens (including phenoxy) is 2. The normalized spacial score (nSPS) is 13.4. The molecule has 4 rings (SSSR count). The van der Waals surface area contributed by atoms with Crippen LogP contribution in [0.25, 0.3) is 0 Å². The number of aryl methyl sites for hydroxylation is 1. The van der Waals surface area contributed by atoms with Gasteiger partial charge >= 0.3 is 0 Å². The van der Waals surface area contributed by atoms with E-state index in [1.807, 2.05) is 32.0 Å². The smallest absolute Gasteiger partial charge is 0.286 e. The van der Waals surface area contributed by atoms with Gasteiger partial charge in [-0.3, -0.25) is 9.59 Å². The third-order valence-corrected chi connectivity index (χ3v) is 5.83. The van der Waals surface area contributed by atoms with Crippen LogP contribution >= 0.6 is 11.3 Å². The zero-order valence-corrected chi connectivity index (χ0v) is 18.0. The predicted molar refractivity (Wildman–Crippen MR) is 117 cm³/mol. The molecule has 0 saturated heterocycles. The van der Waals surface area contributed by atoms with Gasteiger partial charge in [-0.15, -0.1) is 10.2 Å². The van der Waals surface area contributed by atoms with E-state index in [2.05, 4.69) is 20.8 Å². The Kier molecular flexibility index (Phi) is 6.13. The monoisotopic (exact) mass is 438 g/mol. The van der Waals surface area contributed by atoms with Crippen molar-refractivity contribution in [2.75, 3.05) is 18.5 Å². The summed E-state index contributed by atoms with van der Waals surface area (Å²) in [5.41, 5.74) is 1.86. The Bertz CT molecular complexity index is 1110. The molecule has 0 radical (unpaired) electrons. The van der Waals surface area contributed by atoms with Crippen LogP contribution in [0.2, 0.25) is 0 Å². The highest BCUT2D eigenvalue weighted by molar-refractivity contribution is 7.13. The zero-order chi connectivity index (χ0) is 21.8. The minimum atomic E-state index is -0.348. The molecule has 1 aliphatic rings. The molecule has 2 aromatic carbocycles. The number of anilines is 1. The maximum atomic E-state index is 12.8. The molecule has 1 aliphatic heterocycles. The number of hydrogen-bond donors (Lipinski definition) is 2. The van der Waals surface area contributed by atoms with Crippen LogP contribution in [0.1, 0.15) is 50.6 Å². The second-order valence-electron chi connectivity index (χ2n) is 6.99. The molecule has 8 nitrogen and oxygen atoms in total. The fraction of sp³-hybridized carbons (Fsp3) is 0.273. The average Bonchev–Trinajstić information content (AvgIpc) is 3.28. The predicted octanol–water partition coefficient (Wildman–Crippen LogP) is 3.62. The molecule has 0 aliphatic carbocycles. The number of nitrogens with one attached hydrogen (secondary N) is 2. The van der Waals surface area contributed by atoms with Crippen molar-refractivity contribution < 1.29 is 19.1 Å². The van der Waals surface area contributed by atoms with E-state index in [0.29, 0.717) is 41.0 Å². The molecule has 3 aromatic rings. The van der Waals surface area contributed by atoms with Gasteiger partial charge < -0.3 is 20.1 Å². The molecule has 0 bridgehead atoms. The van der Waals surface area contributed by atoms with Gasteiger partial charge in [0.15, 0.2) is 11.5 Å². The molecule has 0 fully saturated rings. The highest BCUT2D eigenvalue weighted by Gasteiger charge is 2.17. The third-order valence-electron chi connectivity index (χ3n) is 4.76. The van der Waals surface area contributed by atoms with Crippen LogP contribution in [0.15, 0.2) is 42.5 Å². The molecule has 1 atom stereocenters. The van der Waals surface area contributed by atoms with Crippen molar-refractivity contribution in [3.63, 3.8) is 0 Å². The van der Waals surface area contributed by atoms with Crippen molar-refractivity contribution in [1.82, 2.24) is 15.5 Å². The van der Waals surface area contributed by atoms with E-state index in [1.54, 1.807) is 24.3 Å². The van der Waals surface area contributed by atoms with E-state index in [1.165, 1.54) is 11.3 Å². The molecule has 160 valence electrons. The first-order valence-electron chi connectivity index (χ1n) is 9.97. The molecule has 1 aromatic heterocycles. The number of benzene rings is 2. The van der Waals surface area contributed by atoms with Gasteiger partial charge in [-0.1, -0.05) is 30.4 Å². The Morgan fingerprint density at radius 1 is 1.06 bits per heavy atom. The number of fused-ring (bicyclic) bond motifs is 1. The minimum absolute atomic E-state index is 0.240. The van der Waals surface area contributed by atoms with Crippen molar-refractivity contribution in [3.05, 3.63) is 63.6 Å². The first-order valence-corrected chi connectivity index (χ1v) is 10.8. The lowest BCUT2D eigenvalue weighted by molar-refractivity contribution is 0.0938. The standard InChI is InChI=1S/C22H22N4O4S/c1-3-19-25-26-22(31-19)21(28)24-16-6-4-5-15(11-16)20(27)23-13(2)14-7-8-17-18(12-14)30-10-9-29-17/h4-8,11-13H,3,9-10H2,1-2H3,(H,23,27)(H,24,28)/t13-/m1/s1. The maximum absolute atomic E-state index is 12.8. The molecule has 2 amide bonds. The van der Waals surface area contributed by atoms with Crippen molar-refractivity contribution in [2.24, 2.45) is 0 Å². The number of aromatic nitrogens is 2. The van der Waals surface area contributed by atoms with E-state index < -0.39 is 0 Å². The summed E-state index contributed by atoms with van der Waals surface area (Å²) < 4.78 is 11.2. The van der Waals surface area contributed by atoms with E-state index in [-0.39, 0.29) is 17.9 Å². The van der Waals surface area contributed by atoms with Gasteiger partial charge in [0, 0.05) is 11.3 Å². The molecule has 0 unspecified atom stereocenters. The van der Waals surface area contributed by atoms with Crippen molar-refractivity contribution in [1.29, 1.82) is 0 Å². The number of hydrogen-bond acceptors (Lipinski definition) is 7.